The Morgan fingerprint density at radius 3 is 2.52 bits per heavy atom. The number of rotatable bonds is 6. The minimum atomic E-state index is -1.30. The molecule has 1 aromatic heterocycles. The molecule has 1 aliphatic heterocycles. The molecule has 0 radical (unpaired) electrons. The Kier molecular flexibility index (Phi) is 5.79. The first kappa shape index (κ1) is 22.7. The molecular weight excluding hydrogens is 435 g/mol. The standard InChI is InChI=1S/C23H24F3N5O2/c1-3-14-4-7-18(17(25)9-14)28-21-15(5-6-16(24)20(21)26)22(32)30-10-23(33,11-30)12-31-19(27)8-13(2)29-31/h4-9,28,33H,3,10-12,27H2,1-2H3. The van der Waals surface area contributed by atoms with Gasteiger partial charge < -0.3 is 21.1 Å². The summed E-state index contributed by atoms with van der Waals surface area (Å²) in [6, 6.07) is 7.99. The third-order valence-electron chi connectivity index (χ3n) is 5.66. The highest BCUT2D eigenvalue weighted by Gasteiger charge is 2.45. The number of amides is 1. The second-order valence-corrected chi connectivity index (χ2v) is 8.33. The molecule has 1 aliphatic rings. The van der Waals surface area contributed by atoms with Gasteiger partial charge in [0.1, 0.15) is 17.2 Å². The molecular formula is C23H24F3N5O2. The summed E-state index contributed by atoms with van der Waals surface area (Å²) in [6.45, 7) is 3.60. The van der Waals surface area contributed by atoms with Crippen LogP contribution >= 0.6 is 0 Å². The highest BCUT2D eigenvalue weighted by atomic mass is 19.2. The molecule has 0 bridgehead atoms. The first-order valence-corrected chi connectivity index (χ1v) is 10.5. The fraction of sp³-hybridized carbons (Fsp3) is 0.304. The van der Waals surface area contributed by atoms with Crippen molar-refractivity contribution in [3.8, 4) is 0 Å². The molecule has 2 heterocycles. The Hall–Kier alpha value is -3.53. The van der Waals surface area contributed by atoms with Crippen molar-refractivity contribution in [3.63, 3.8) is 0 Å². The Balaban J connectivity index is 1.55. The summed E-state index contributed by atoms with van der Waals surface area (Å²) in [4.78, 5) is 14.3. The van der Waals surface area contributed by atoms with Gasteiger partial charge in [0.25, 0.3) is 5.91 Å². The number of nitrogen functional groups attached to an aromatic ring is 1. The molecule has 174 valence electrons. The van der Waals surface area contributed by atoms with Gasteiger partial charge in [-0.2, -0.15) is 5.10 Å². The van der Waals surface area contributed by atoms with Crippen LogP contribution in [0.2, 0.25) is 0 Å². The molecule has 0 spiro atoms. The van der Waals surface area contributed by atoms with Gasteiger partial charge in [0.05, 0.1) is 42.3 Å². The van der Waals surface area contributed by atoms with E-state index in [2.05, 4.69) is 10.4 Å². The van der Waals surface area contributed by atoms with E-state index >= 15 is 0 Å². The molecule has 0 saturated carbocycles. The van der Waals surface area contributed by atoms with Gasteiger partial charge in [0.15, 0.2) is 11.6 Å². The molecule has 1 fully saturated rings. The van der Waals surface area contributed by atoms with Crippen LogP contribution in [0.5, 0.6) is 0 Å². The van der Waals surface area contributed by atoms with Crippen LogP contribution in [0, 0.1) is 24.4 Å². The van der Waals surface area contributed by atoms with Crippen LogP contribution in [0.1, 0.15) is 28.5 Å². The van der Waals surface area contributed by atoms with Crippen molar-refractivity contribution in [2.45, 2.75) is 32.4 Å². The zero-order chi connectivity index (χ0) is 23.9. The van der Waals surface area contributed by atoms with Gasteiger partial charge in [0.2, 0.25) is 0 Å². The Labute approximate surface area is 188 Å². The summed E-state index contributed by atoms with van der Waals surface area (Å²) < 4.78 is 44.5. The number of aliphatic hydroxyl groups is 1. The largest absolute Gasteiger partial charge is 0.384 e. The number of hydrogen-bond donors (Lipinski definition) is 3. The lowest BCUT2D eigenvalue weighted by atomic mass is 9.93. The van der Waals surface area contributed by atoms with Crippen LogP contribution in [0.4, 0.5) is 30.4 Å². The van der Waals surface area contributed by atoms with E-state index in [9.17, 15) is 23.1 Å². The van der Waals surface area contributed by atoms with Crippen molar-refractivity contribution in [2.24, 2.45) is 0 Å². The maximum Gasteiger partial charge on any atom is 0.256 e. The summed E-state index contributed by atoms with van der Waals surface area (Å²) in [7, 11) is 0. The summed E-state index contributed by atoms with van der Waals surface area (Å²) in [5, 5.41) is 17.5. The monoisotopic (exact) mass is 459 g/mol. The van der Waals surface area contributed by atoms with E-state index in [-0.39, 0.29) is 30.9 Å². The number of aryl methyl sites for hydroxylation is 2. The summed E-state index contributed by atoms with van der Waals surface area (Å²) in [5.74, 6) is -3.37. The number of halogens is 3. The van der Waals surface area contributed by atoms with Crippen molar-refractivity contribution in [2.75, 3.05) is 24.1 Å². The van der Waals surface area contributed by atoms with Gasteiger partial charge in [-0.1, -0.05) is 13.0 Å². The average Bonchev–Trinajstić information content (AvgIpc) is 3.06. The molecule has 0 aliphatic carbocycles. The van der Waals surface area contributed by atoms with Crippen LogP contribution in [0.25, 0.3) is 0 Å². The van der Waals surface area contributed by atoms with Gasteiger partial charge in [-0.15, -0.1) is 0 Å². The molecule has 4 N–H and O–H groups in total. The van der Waals surface area contributed by atoms with Gasteiger partial charge in [0, 0.05) is 6.07 Å². The number of carbonyl (C=O) groups excluding carboxylic acids is 1. The number of nitrogens with one attached hydrogen (secondary N) is 1. The van der Waals surface area contributed by atoms with Crippen molar-refractivity contribution in [1.82, 2.24) is 14.7 Å². The highest BCUT2D eigenvalue weighted by molar-refractivity contribution is 6.01. The van der Waals surface area contributed by atoms with Crippen molar-refractivity contribution in [1.29, 1.82) is 0 Å². The zero-order valence-electron chi connectivity index (χ0n) is 18.2. The molecule has 10 heteroatoms. The van der Waals surface area contributed by atoms with Crippen molar-refractivity contribution >= 4 is 23.1 Å². The SMILES string of the molecule is CCc1ccc(Nc2c(C(=O)N3CC(O)(Cn4nc(C)cc4N)C3)ccc(F)c2F)c(F)c1. The number of hydrogen-bond acceptors (Lipinski definition) is 5. The molecule has 2 aromatic carbocycles. The number of nitrogens with two attached hydrogens (primary N) is 1. The Morgan fingerprint density at radius 2 is 1.91 bits per heavy atom. The molecule has 7 nitrogen and oxygen atoms in total. The number of carbonyl (C=O) groups is 1. The average molecular weight is 459 g/mol. The van der Waals surface area contributed by atoms with E-state index in [1.807, 2.05) is 6.92 Å². The molecule has 1 amide bonds. The summed E-state index contributed by atoms with van der Waals surface area (Å²) in [6.07, 6.45) is 0.608. The molecule has 0 unspecified atom stereocenters. The maximum atomic E-state index is 14.7. The second kappa shape index (κ2) is 8.43. The smallest absolute Gasteiger partial charge is 0.256 e. The molecule has 33 heavy (non-hydrogen) atoms. The lowest BCUT2D eigenvalue weighted by molar-refractivity contribution is -0.0924. The van der Waals surface area contributed by atoms with Crippen LogP contribution in [-0.4, -0.2) is 44.4 Å². The maximum absolute atomic E-state index is 14.7. The quantitative estimate of drug-likeness (QED) is 0.525. The topological polar surface area (TPSA) is 96.4 Å². The van der Waals surface area contributed by atoms with E-state index in [1.54, 1.807) is 19.1 Å². The number of benzene rings is 2. The predicted octanol–water partition coefficient (Wildman–Crippen LogP) is 3.38. The fourth-order valence-electron chi connectivity index (χ4n) is 3.91. The number of nitrogens with zero attached hydrogens (tertiary/aromatic N) is 3. The molecule has 3 aromatic rings. The first-order chi connectivity index (χ1) is 15.6. The van der Waals surface area contributed by atoms with Crippen LogP contribution in [0.3, 0.4) is 0 Å². The molecule has 1 saturated heterocycles. The van der Waals surface area contributed by atoms with E-state index < -0.39 is 34.6 Å². The number of likely N-dealkylation sites (tertiary alicyclic amines) is 1. The normalized spacial score (nSPS) is 14.8. The van der Waals surface area contributed by atoms with Gasteiger partial charge in [-0.3, -0.25) is 4.79 Å². The lowest BCUT2D eigenvalue weighted by Gasteiger charge is -2.46. The van der Waals surface area contributed by atoms with Gasteiger partial charge in [-0.05, 0) is 43.2 Å². The highest BCUT2D eigenvalue weighted by Crippen LogP contribution is 2.32. The van der Waals surface area contributed by atoms with Crippen LogP contribution < -0.4 is 11.1 Å². The van der Waals surface area contributed by atoms with Crippen LogP contribution in [-0.2, 0) is 13.0 Å². The van der Waals surface area contributed by atoms with Crippen LogP contribution in [0.15, 0.2) is 36.4 Å². The lowest BCUT2D eigenvalue weighted by Crippen LogP contribution is -2.65. The van der Waals surface area contributed by atoms with E-state index in [4.69, 9.17) is 5.73 Å². The minimum Gasteiger partial charge on any atom is -0.384 e. The Morgan fingerprint density at radius 1 is 1.18 bits per heavy atom. The number of aromatic nitrogens is 2. The third kappa shape index (κ3) is 4.38. The van der Waals surface area contributed by atoms with E-state index in [1.165, 1.54) is 21.7 Å². The molecule has 0 atom stereocenters. The number of anilines is 3. The van der Waals surface area contributed by atoms with Crippen molar-refractivity contribution < 1.29 is 23.1 Å². The zero-order valence-corrected chi connectivity index (χ0v) is 18.2. The summed E-state index contributed by atoms with van der Waals surface area (Å²) >= 11 is 0. The second-order valence-electron chi connectivity index (χ2n) is 8.33. The predicted molar refractivity (Wildman–Crippen MR) is 118 cm³/mol. The van der Waals surface area contributed by atoms with E-state index in [0.717, 1.165) is 17.7 Å². The molecule has 4 rings (SSSR count). The first-order valence-electron chi connectivity index (χ1n) is 10.5. The summed E-state index contributed by atoms with van der Waals surface area (Å²) in [5.41, 5.74) is 5.29. The van der Waals surface area contributed by atoms with E-state index in [0.29, 0.717) is 17.9 Å². The Bertz CT molecular complexity index is 1220. The third-order valence-corrected chi connectivity index (χ3v) is 5.66. The van der Waals surface area contributed by atoms with Gasteiger partial charge in [-0.25, -0.2) is 17.9 Å². The van der Waals surface area contributed by atoms with Gasteiger partial charge >= 0.3 is 0 Å². The number of β-amino-alcohol motifs (C(OH)–C–C–N with tert-alkyl or cyclic N) is 1. The van der Waals surface area contributed by atoms with Crippen molar-refractivity contribution in [3.05, 3.63) is 70.7 Å². The minimum absolute atomic E-state index is 0.0534. The fourth-order valence-corrected chi connectivity index (χ4v) is 3.91.